The lowest BCUT2D eigenvalue weighted by atomic mass is 9.89. The number of amides is 1. The summed E-state index contributed by atoms with van der Waals surface area (Å²) in [5, 5.41) is 3.45. The van der Waals surface area contributed by atoms with E-state index in [4.69, 9.17) is 4.74 Å². The fourth-order valence-electron chi connectivity index (χ4n) is 5.52. The third-order valence-electron chi connectivity index (χ3n) is 7.46. The summed E-state index contributed by atoms with van der Waals surface area (Å²) in [4.78, 5) is 21.9. The summed E-state index contributed by atoms with van der Waals surface area (Å²) in [5.74, 6) is 0. The Hall–Kier alpha value is -0.310. The number of halogens is 2. The second kappa shape index (κ2) is 11.5. The molecular weight excluding hydrogens is 425 g/mol. The van der Waals surface area contributed by atoms with Crippen LogP contribution in [0.25, 0.3) is 0 Å². The fraction of sp³-hybridized carbons (Fsp3) is 0.952. The first-order valence-corrected chi connectivity index (χ1v) is 11.4. The van der Waals surface area contributed by atoms with Crippen molar-refractivity contribution in [1.29, 1.82) is 0 Å². The number of piperidine rings is 2. The monoisotopic (exact) mass is 465 g/mol. The molecule has 4 fully saturated rings. The van der Waals surface area contributed by atoms with Crippen LogP contribution in [0.15, 0.2) is 0 Å². The van der Waals surface area contributed by atoms with Gasteiger partial charge in [-0.2, -0.15) is 0 Å². The molecule has 1 N–H and O–H groups in total. The van der Waals surface area contributed by atoms with Crippen LogP contribution in [-0.4, -0.2) is 116 Å². The van der Waals surface area contributed by atoms with Crippen LogP contribution in [0.3, 0.4) is 0 Å². The van der Waals surface area contributed by atoms with Gasteiger partial charge in [-0.15, -0.1) is 24.8 Å². The van der Waals surface area contributed by atoms with Crippen LogP contribution in [0.5, 0.6) is 0 Å². The van der Waals surface area contributed by atoms with Crippen LogP contribution < -0.4 is 5.32 Å². The number of nitrogens with zero attached hydrogens (tertiary/aromatic N) is 4. The van der Waals surface area contributed by atoms with Gasteiger partial charge in [-0.1, -0.05) is 0 Å². The Morgan fingerprint density at radius 2 is 1.77 bits per heavy atom. The average molecular weight is 466 g/mol. The van der Waals surface area contributed by atoms with Crippen molar-refractivity contribution in [2.75, 3.05) is 73.0 Å². The highest BCUT2D eigenvalue weighted by Gasteiger charge is 2.47. The lowest BCUT2D eigenvalue weighted by molar-refractivity contribution is -0.0135. The third-order valence-corrected chi connectivity index (χ3v) is 7.46. The molecule has 0 bridgehead atoms. The molecule has 0 aromatic carbocycles. The molecule has 4 rings (SSSR count). The normalized spacial score (nSPS) is 27.9. The molecule has 9 heteroatoms. The highest BCUT2D eigenvalue weighted by atomic mass is 35.5. The minimum Gasteiger partial charge on any atom is -0.441 e. The predicted molar refractivity (Wildman–Crippen MR) is 125 cm³/mol. The summed E-state index contributed by atoms with van der Waals surface area (Å²) >= 11 is 0. The molecule has 4 aliphatic rings. The quantitative estimate of drug-likeness (QED) is 0.646. The van der Waals surface area contributed by atoms with Crippen molar-refractivity contribution >= 4 is 30.9 Å². The van der Waals surface area contributed by atoms with Gasteiger partial charge in [0.1, 0.15) is 5.60 Å². The Morgan fingerprint density at radius 3 is 2.40 bits per heavy atom. The van der Waals surface area contributed by atoms with Crippen LogP contribution >= 0.6 is 24.8 Å². The van der Waals surface area contributed by atoms with E-state index < -0.39 is 0 Å². The molecule has 4 heterocycles. The number of nitrogens with one attached hydrogen (secondary N) is 1. The molecule has 0 aromatic heterocycles. The van der Waals surface area contributed by atoms with E-state index in [0.717, 1.165) is 77.7 Å². The van der Waals surface area contributed by atoms with Crippen molar-refractivity contribution in [3.63, 3.8) is 0 Å². The van der Waals surface area contributed by atoms with Crippen molar-refractivity contribution < 1.29 is 9.53 Å². The third kappa shape index (κ3) is 6.14. The summed E-state index contributed by atoms with van der Waals surface area (Å²) in [7, 11) is 4.34. The van der Waals surface area contributed by atoms with E-state index in [2.05, 4.69) is 34.1 Å². The first kappa shape index (κ1) is 25.9. The molecule has 1 unspecified atom stereocenters. The van der Waals surface area contributed by atoms with Gasteiger partial charge in [0.25, 0.3) is 0 Å². The number of rotatable bonds is 6. The van der Waals surface area contributed by atoms with Gasteiger partial charge in [0.15, 0.2) is 0 Å². The van der Waals surface area contributed by atoms with E-state index in [1.165, 1.54) is 25.8 Å². The van der Waals surface area contributed by atoms with Gasteiger partial charge in [0.2, 0.25) is 0 Å². The van der Waals surface area contributed by atoms with Crippen molar-refractivity contribution in [2.24, 2.45) is 0 Å². The van der Waals surface area contributed by atoms with Crippen LogP contribution in [0.1, 0.15) is 38.5 Å². The van der Waals surface area contributed by atoms with Crippen LogP contribution in [0.2, 0.25) is 0 Å². The maximum atomic E-state index is 12.5. The minimum absolute atomic E-state index is 0. The second-order valence-corrected chi connectivity index (χ2v) is 9.55. The number of likely N-dealkylation sites (N-methyl/N-ethyl adjacent to an activating group) is 1. The molecular formula is C21H41Cl2N5O2. The number of carbonyl (C=O) groups is 1. The zero-order chi connectivity index (χ0) is 19.6. The van der Waals surface area contributed by atoms with E-state index in [0.29, 0.717) is 6.04 Å². The van der Waals surface area contributed by atoms with Gasteiger partial charge in [-0.05, 0) is 66.0 Å². The maximum Gasteiger partial charge on any atom is 0.410 e. The molecule has 30 heavy (non-hydrogen) atoms. The number of likely N-dealkylation sites (tertiary alicyclic amines) is 2. The Morgan fingerprint density at radius 1 is 1.07 bits per heavy atom. The first-order chi connectivity index (χ1) is 13.5. The molecule has 4 aliphatic heterocycles. The smallest absolute Gasteiger partial charge is 0.410 e. The molecule has 176 valence electrons. The van der Waals surface area contributed by atoms with Gasteiger partial charge in [-0.3, -0.25) is 4.90 Å². The van der Waals surface area contributed by atoms with E-state index >= 15 is 0 Å². The largest absolute Gasteiger partial charge is 0.441 e. The van der Waals surface area contributed by atoms with Crippen LogP contribution in [0, 0.1) is 0 Å². The van der Waals surface area contributed by atoms with Crippen molar-refractivity contribution in [1.82, 2.24) is 24.9 Å². The molecule has 1 spiro atoms. The number of carbonyl (C=O) groups excluding carboxylic acids is 1. The summed E-state index contributed by atoms with van der Waals surface area (Å²) in [5.41, 5.74) is -0.218. The van der Waals surface area contributed by atoms with Crippen molar-refractivity contribution in [3.8, 4) is 0 Å². The first-order valence-electron chi connectivity index (χ1n) is 11.4. The Bertz CT molecular complexity index is 539. The summed E-state index contributed by atoms with van der Waals surface area (Å²) in [6.07, 6.45) is 6.73. The van der Waals surface area contributed by atoms with Crippen LogP contribution in [-0.2, 0) is 4.74 Å². The minimum atomic E-state index is -0.218. The molecule has 0 aromatic rings. The Labute approximate surface area is 194 Å². The van der Waals surface area contributed by atoms with E-state index in [1.807, 2.05) is 4.90 Å². The molecule has 1 amide bonds. The highest BCUT2D eigenvalue weighted by Crippen LogP contribution is 2.34. The average Bonchev–Trinajstić information content (AvgIpc) is 3.29. The van der Waals surface area contributed by atoms with E-state index in [1.54, 1.807) is 0 Å². The van der Waals surface area contributed by atoms with Gasteiger partial charge in [0.05, 0.1) is 6.54 Å². The fourth-order valence-corrected chi connectivity index (χ4v) is 5.52. The van der Waals surface area contributed by atoms with Gasteiger partial charge in [0, 0.05) is 51.1 Å². The second-order valence-electron chi connectivity index (χ2n) is 9.55. The predicted octanol–water partition coefficient (Wildman–Crippen LogP) is 1.89. The van der Waals surface area contributed by atoms with Crippen LogP contribution in [0.4, 0.5) is 4.79 Å². The van der Waals surface area contributed by atoms with E-state index in [-0.39, 0.29) is 36.5 Å². The molecule has 0 radical (unpaired) electrons. The summed E-state index contributed by atoms with van der Waals surface area (Å²) < 4.78 is 5.94. The number of hydrogen-bond acceptors (Lipinski definition) is 6. The molecule has 7 nitrogen and oxygen atoms in total. The SMILES string of the molecule is CN(C)C1CCN(CCCN2CC3(CCN(C4CCNCC4)CC3)OC2=O)C1.Cl.Cl. The number of ether oxygens (including phenoxy) is 1. The lowest BCUT2D eigenvalue weighted by Crippen LogP contribution is -2.52. The van der Waals surface area contributed by atoms with Crippen molar-refractivity contribution in [3.05, 3.63) is 0 Å². The van der Waals surface area contributed by atoms with Gasteiger partial charge < -0.3 is 24.8 Å². The molecule has 0 saturated carbocycles. The highest BCUT2D eigenvalue weighted by molar-refractivity contribution is 5.85. The lowest BCUT2D eigenvalue weighted by Gasteiger charge is -2.42. The summed E-state index contributed by atoms with van der Waals surface area (Å²) in [6, 6.07) is 1.41. The standard InChI is InChI=1S/C21H39N5O2.2ClH/c1-23(2)19-6-13-24(16-19)11-3-12-26-17-21(28-20(26)27)7-14-25(15-8-21)18-4-9-22-10-5-18;;/h18-19,22H,3-17H2,1-2H3;2*1H. The number of hydrogen-bond donors (Lipinski definition) is 1. The maximum absolute atomic E-state index is 12.5. The van der Waals surface area contributed by atoms with Crippen molar-refractivity contribution in [2.45, 2.75) is 56.2 Å². The zero-order valence-corrected chi connectivity index (χ0v) is 20.3. The van der Waals surface area contributed by atoms with Gasteiger partial charge >= 0.3 is 6.09 Å². The molecule has 4 saturated heterocycles. The summed E-state index contributed by atoms with van der Waals surface area (Å²) in [6.45, 7) is 9.50. The van der Waals surface area contributed by atoms with Gasteiger partial charge in [-0.25, -0.2) is 4.79 Å². The molecule has 0 aliphatic carbocycles. The Balaban J connectivity index is 0.00000160. The zero-order valence-electron chi connectivity index (χ0n) is 18.7. The topological polar surface area (TPSA) is 51.3 Å². The molecule has 1 atom stereocenters. The van der Waals surface area contributed by atoms with E-state index in [9.17, 15) is 4.79 Å². The Kier molecular flexibility index (Phi) is 9.97.